The van der Waals surface area contributed by atoms with Crippen molar-refractivity contribution in [3.8, 4) is 0 Å². The van der Waals surface area contributed by atoms with Crippen molar-refractivity contribution in [2.75, 3.05) is 6.54 Å². The van der Waals surface area contributed by atoms with Crippen LogP contribution in [0.15, 0.2) is 44.7 Å². The maximum atomic E-state index is 12.5. The summed E-state index contributed by atoms with van der Waals surface area (Å²) in [6, 6.07) is 10.2. The fraction of sp³-hybridized carbons (Fsp3) is 0.235. The maximum Gasteiger partial charge on any atom is 0.267 e. The van der Waals surface area contributed by atoms with Crippen LogP contribution in [0.4, 0.5) is 0 Å². The molecule has 1 amide bonds. The first kappa shape index (κ1) is 16.7. The van der Waals surface area contributed by atoms with E-state index in [9.17, 15) is 4.79 Å². The topological polar surface area (TPSA) is 34.0 Å². The van der Waals surface area contributed by atoms with Gasteiger partial charge in [-0.25, -0.2) is 0 Å². The SMILES string of the molecule is CCCNC(=O)c1cc2scc(Br)c2n1Cc1ccc(Br)cc1. The Balaban J connectivity index is 2.02. The van der Waals surface area contributed by atoms with Crippen molar-refractivity contribution < 1.29 is 4.79 Å². The van der Waals surface area contributed by atoms with Crippen LogP contribution >= 0.6 is 43.2 Å². The van der Waals surface area contributed by atoms with Gasteiger partial charge in [0, 0.05) is 22.9 Å². The number of hydrogen-bond acceptors (Lipinski definition) is 2. The maximum absolute atomic E-state index is 12.5. The van der Waals surface area contributed by atoms with E-state index in [0.717, 1.165) is 31.1 Å². The zero-order chi connectivity index (χ0) is 16.4. The lowest BCUT2D eigenvalue weighted by atomic mass is 10.2. The Labute approximate surface area is 156 Å². The zero-order valence-electron chi connectivity index (χ0n) is 12.6. The molecule has 0 bridgehead atoms. The third kappa shape index (κ3) is 3.54. The van der Waals surface area contributed by atoms with Crippen LogP contribution in [0.2, 0.25) is 0 Å². The van der Waals surface area contributed by atoms with E-state index in [1.807, 2.05) is 18.2 Å². The van der Waals surface area contributed by atoms with Crippen molar-refractivity contribution in [3.63, 3.8) is 0 Å². The van der Waals surface area contributed by atoms with Gasteiger partial charge in [0.05, 0.1) is 14.7 Å². The van der Waals surface area contributed by atoms with E-state index in [1.165, 1.54) is 0 Å². The van der Waals surface area contributed by atoms with Crippen LogP contribution in [-0.4, -0.2) is 17.0 Å². The molecule has 0 saturated heterocycles. The molecule has 1 aromatic carbocycles. The van der Waals surface area contributed by atoms with Crippen molar-refractivity contribution in [2.24, 2.45) is 0 Å². The molecule has 0 unspecified atom stereocenters. The molecule has 1 N–H and O–H groups in total. The number of amides is 1. The molecule has 3 rings (SSSR count). The van der Waals surface area contributed by atoms with Crippen LogP contribution in [0.5, 0.6) is 0 Å². The molecule has 0 fully saturated rings. The number of aromatic nitrogens is 1. The normalized spacial score (nSPS) is 11.1. The van der Waals surface area contributed by atoms with Crippen molar-refractivity contribution in [1.29, 1.82) is 0 Å². The van der Waals surface area contributed by atoms with E-state index in [-0.39, 0.29) is 5.91 Å². The second-order valence-corrected chi connectivity index (χ2v) is 7.98. The van der Waals surface area contributed by atoms with Gasteiger partial charge in [0.1, 0.15) is 5.69 Å². The molecule has 6 heteroatoms. The first-order chi connectivity index (χ1) is 11.1. The highest BCUT2D eigenvalue weighted by molar-refractivity contribution is 9.11. The predicted molar refractivity (Wildman–Crippen MR) is 103 cm³/mol. The molecule has 0 atom stereocenters. The van der Waals surface area contributed by atoms with Gasteiger partial charge in [-0.05, 0) is 46.1 Å². The van der Waals surface area contributed by atoms with Crippen molar-refractivity contribution >= 4 is 59.3 Å². The third-order valence-electron chi connectivity index (χ3n) is 3.60. The van der Waals surface area contributed by atoms with Gasteiger partial charge in [-0.3, -0.25) is 4.79 Å². The molecule has 0 aliphatic carbocycles. The molecular weight excluding hydrogens is 440 g/mol. The van der Waals surface area contributed by atoms with Crippen LogP contribution in [0.25, 0.3) is 10.2 Å². The van der Waals surface area contributed by atoms with Crippen LogP contribution in [0, 0.1) is 0 Å². The second-order valence-electron chi connectivity index (χ2n) is 5.29. The molecule has 0 spiro atoms. The smallest absolute Gasteiger partial charge is 0.267 e. The average Bonchev–Trinajstić information content (AvgIpc) is 3.08. The second kappa shape index (κ2) is 7.20. The summed E-state index contributed by atoms with van der Waals surface area (Å²) in [5, 5.41) is 5.04. The van der Waals surface area contributed by atoms with E-state index in [2.05, 4.69) is 66.2 Å². The van der Waals surface area contributed by atoms with Gasteiger partial charge in [-0.2, -0.15) is 0 Å². The summed E-state index contributed by atoms with van der Waals surface area (Å²) in [4.78, 5) is 12.5. The lowest BCUT2D eigenvalue weighted by Gasteiger charge is -2.11. The average molecular weight is 456 g/mol. The molecule has 3 aromatic rings. The lowest BCUT2D eigenvalue weighted by Crippen LogP contribution is -2.26. The van der Waals surface area contributed by atoms with E-state index >= 15 is 0 Å². The summed E-state index contributed by atoms with van der Waals surface area (Å²) in [6.45, 7) is 3.41. The first-order valence-corrected chi connectivity index (χ1v) is 9.85. The molecule has 23 heavy (non-hydrogen) atoms. The number of thiophene rings is 1. The van der Waals surface area contributed by atoms with Crippen molar-refractivity contribution in [1.82, 2.24) is 9.88 Å². The molecule has 0 saturated carbocycles. The Hall–Kier alpha value is -1.11. The van der Waals surface area contributed by atoms with Crippen LogP contribution in [0.3, 0.4) is 0 Å². The number of nitrogens with zero attached hydrogens (tertiary/aromatic N) is 1. The monoisotopic (exact) mass is 454 g/mol. The molecule has 3 nitrogen and oxygen atoms in total. The molecule has 0 radical (unpaired) electrons. The number of rotatable bonds is 5. The van der Waals surface area contributed by atoms with Crippen molar-refractivity contribution in [2.45, 2.75) is 19.9 Å². The standard InChI is InChI=1S/C17H16Br2N2OS/c1-2-7-20-17(22)14-8-15-16(13(19)10-23-15)21(14)9-11-3-5-12(18)6-4-11/h3-6,8,10H,2,7,9H2,1H3,(H,20,22). The number of carbonyl (C=O) groups is 1. The fourth-order valence-electron chi connectivity index (χ4n) is 2.49. The molecule has 0 aliphatic heterocycles. The highest BCUT2D eigenvalue weighted by atomic mass is 79.9. The minimum absolute atomic E-state index is 0.0146. The lowest BCUT2D eigenvalue weighted by molar-refractivity contribution is 0.0945. The number of benzene rings is 1. The largest absolute Gasteiger partial charge is 0.351 e. The van der Waals surface area contributed by atoms with Gasteiger partial charge in [0.15, 0.2) is 0 Å². The number of hydrogen-bond donors (Lipinski definition) is 1. The van der Waals surface area contributed by atoms with Gasteiger partial charge in [0.25, 0.3) is 5.91 Å². The van der Waals surface area contributed by atoms with E-state index < -0.39 is 0 Å². The number of halogens is 2. The third-order valence-corrected chi connectivity index (χ3v) is 5.95. The molecule has 0 aliphatic rings. The highest BCUT2D eigenvalue weighted by Crippen LogP contribution is 2.33. The number of fused-ring (bicyclic) bond motifs is 1. The quantitative estimate of drug-likeness (QED) is 0.547. The van der Waals surface area contributed by atoms with Crippen molar-refractivity contribution in [3.05, 3.63) is 55.9 Å². The minimum Gasteiger partial charge on any atom is -0.351 e. The van der Waals surface area contributed by atoms with Crippen LogP contribution < -0.4 is 5.32 Å². The number of carbonyl (C=O) groups excluding carboxylic acids is 1. The Morgan fingerprint density at radius 1 is 1.26 bits per heavy atom. The summed E-state index contributed by atoms with van der Waals surface area (Å²) in [6.07, 6.45) is 0.928. The summed E-state index contributed by atoms with van der Waals surface area (Å²) in [5.41, 5.74) is 2.96. The highest BCUT2D eigenvalue weighted by Gasteiger charge is 2.18. The molecule has 2 aromatic heterocycles. The Kier molecular flexibility index (Phi) is 5.24. The summed E-state index contributed by atoms with van der Waals surface area (Å²) < 4.78 is 5.29. The zero-order valence-corrected chi connectivity index (χ0v) is 16.6. The molecular formula is C17H16Br2N2OS. The Morgan fingerprint density at radius 3 is 2.70 bits per heavy atom. The summed E-state index contributed by atoms with van der Waals surface area (Å²) in [7, 11) is 0. The minimum atomic E-state index is -0.0146. The summed E-state index contributed by atoms with van der Waals surface area (Å²) >= 11 is 8.71. The van der Waals surface area contributed by atoms with Gasteiger partial charge in [0.2, 0.25) is 0 Å². The van der Waals surface area contributed by atoms with E-state index in [1.54, 1.807) is 11.3 Å². The predicted octanol–water partition coefficient (Wildman–Crippen LogP) is 5.42. The first-order valence-electron chi connectivity index (χ1n) is 7.39. The van der Waals surface area contributed by atoms with Gasteiger partial charge >= 0.3 is 0 Å². The summed E-state index contributed by atoms with van der Waals surface area (Å²) in [5.74, 6) is -0.0146. The van der Waals surface area contributed by atoms with Gasteiger partial charge in [-0.1, -0.05) is 35.0 Å². The Morgan fingerprint density at radius 2 is 2.00 bits per heavy atom. The van der Waals surface area contributed by atoms with E-state index in [0.29, 0.717) is 18.8 Å². The van der Waals surface area contributed by atoms with Crippen LogP contribution in [-0.2, 0) is 6.54 Å². The van der Waals surface area contributed by atoms with E-state index in [4.69, 9.17) is 0 Å². The van der Waals surface area contributed by atoms with Gasteiger partial charge < -0.3 is 9.88 Å². The fourth-order valence-corrected chi connectivity index (χ4v) is 4.44. The molecule has 120 valence electrons. The Bertz CT molecular complexity index is 836. The number of nitrogens with one attached hydrogen (secondary N) is 1. The van der Waals surface area contributed by atoms with Gasteiger partial charge in [-0.15, -0.1) is 11.3 Å². The molecule has 2 heterocycles. The van der Waals surface area contributed by atoms with Crippen LogP contribution in [0.1, 0.15) is 29.4 Å².